The lowest BCUT2D eigenvalue weighted by molar-refractivity contribution is 0.628. The number of rotatable bonds is 3. The molecule has 0 saturated carbocycles. The van der Waals surface area contributed by atoms with Gasteiger partial charge in [0.25, 0.3) is 0 Å². The largest absolute Gasteiger partial charge is 0.341 e. The number of nitrogens with zero attached hydrogens (tertiary/aromatic N) is 1. The first-order valence-electron chi connectivity index (χ1n) is 6.90. The highest BCUT2D eigenvalue weighted by molar-refractivity contribution is 6.33. The highest BCUT2D eigenvalue weighted by Gasteiger charge is 2.13. The van der Waals surface area contributed by atoms with Crippen LogP contribution in [0.4, 0.5) is 15.8 Å². The van der Waals surface area contributed by atoms with Gasteiger partial charge in [0.15, 0.2) is 0 Å². The summed E-state index contributed by atoms with van der Waals surface area (Å²) in [5.74, 6) is -0.315. The van der Waals surface area contributed by atoms with E-state index in [1.807, 2.05) is 45.2 Å². The Morgan fingerprint density at radius 1 is 1.05 bits per heavy atom. The van der Waals surface area contributed by atoms with E-state index < -0.39 is 0 Å². The van der Waals surface area contributed by atoms with Crippen LogP contribution in [-0.2, 0) is 6.42 Å². The predicted octanol–water partition coefficient (Wildman–Crippen LogP) is 5.84. The van der Waals surface area contributed by atoms with Crippen molar-refractivity contribution in [2.75, 3.05) is 11.9 Å². The molecule has 0 aliphatic rings. The van der Waals surface area contributed by atoms with Crippen molar-refractivity contribution >= 4 is 23.0 Å². The minimum atomic E-state index is -0.315. The second kappa shape index (κ2) is 7.91. The standard InChI is InChI=1S/C15H15ClFN.C2H6/c1-3-11-7-9-12(10-8-11)18(2)15-13(16)5-4-6-14(15)17;1-2/h4-10H,3H2,1-2H3;1-2H3. The van der Waals surface area contributed by atoms with Crippen LogP contribution < -0.4 is 4.90 Å². The number of hydrogen-bond donors (Lipinski definition) is 0. The number of halogens is 2. The van der Waals surface area contributed by atoms with Gasteiger partial charge in [-0.05, 0) is 36.2 Å². The van der Waals surface area contributed by atoms with Gasteiger partial charge in [-0.1, -0.05) is 50.6 Å². The van der Waals surface area contributed by atoms with E-state index >= 15 is 0 Å². The first-order valence-corrected chi connectivity index (χ1v) is 7.28. The van der Waals surface area contributed by atoms with Gasteiger partial charge in [0.05, 0.1) is 10.7 Å². The maximum absolute atomic E-state index is 13.8. The van der Waals surface area contributed by atoms with Gasteiger partial charge < -0.3 is 4.90 Å². The van der Waals surface area contributed by atoms with Crippen molar-refractivity contribution in [3.05, 3.63) is 58.9 Å². The number of hydrogen-bond acceptors (Lipinski definition) is 1. The molecule has 0 saturated heterocycles. The van der Waals surface area contributed by atoms with Crippen LogP contribution in [0.25, 0.3) is 0 Å². The predicted molar refractivity (Wildman–Crippen MR) is 86.6 cm³/mol. The summed E-state index contributed by atoms with van der Waals surface area (Å²) >= 11 is 6.05. The van der Waals surface area contributed by atoms with Crippen LogP contribution in [0, 0.1) is 5.82 Å². The van der Waals surface area contributed by atoms with E-state index in [0.29, 0.717) is 10.7 Å². The molecular weight excluding hydrogens is 273 g/mol. The fourth-order valence-electron chi connectivity index (χ4n) is 1.89. The molecule has 0 aliphatic carbocycles. The van der Waals surface area contributed by atoms with Gasteiger partial charge in [0, 0.05) is 12.7 Å². The molecule has 2 rings (SSSR count). The molecule has 0 heterocycles. The second-order valence-corrected chi connectivity index (χ2v) is 4.56. The molecule has 0 aromatic heterocycles. The van der Waals surface area contributed by atoms with Gasteiger partial charge in [-0.2, -0.15) is 0 Å². The molecule has 0 unspecified atom stereocenters. The van der Waals surface area contributed by atoms with E-state index in [4.69, 9.17) is 11.6 Å². The Morgan fingerprint density at radius 2 is 1.65 bits per heavy atom. The quantitative estimate of drug-likeness (QED) is 0.687. The van der Waals surface area contributed by atoms with Crippen LogP contribution in [0.5, 0.6) is 0 Å². The fraction of sp³-hybridized carbons (Fsp3) is 0.294. The second-order valence-electron chi connectivity index (χ2n) is 4.15. The maximum atomic E-state index is 13.8. The van der Waals surface area contributed by atoms with Gasteiger partial charge in [-0.25, -0.2) is 4.39 Å². The summed E-state index contributed by atoms with van der Waals surface area (Å²) in [7, 11) is 1.81. The zero-order valence-corrected chi connectivity index (χ0v) is 13.2. The minimum absolute atomic E-state index is 0.315. The summed E-state index contributed by atoms with van der Waals surface area (Å²) in [6, 6.07) is 12.7. The number of anilines is 2. The molecule has 20 heavy (non-hydrogen) atoms. The Bertz CT molecular complexity index is 517. The van der Waals surface area contributed by atoms with E-state index in [0.717, 1.165) is 12.1 Å². The maximum Gasteiger partial charge on any atom is 0.148 e. The molecule has 0 bridgehead atoms. The molecule has 1 nitrogen and oxygen atoms in total. The third-order valence-electron chi connectivity index (χ3n) is 3.00. The summed E-state index contributed by atoms with van der Waals surface area (Å²) in [4.78, 5) is 1.76. The lowest BCUT2D eigenvalue weighted by Gasteiger charge is -2.21. The summed E-state index contributed by atoms with van der Waals surface area (Å²) in [5.41, 5.74) is 2.58. The highest BCUT2D eigenvalue weighted by atomic mass is 35.5. The molecule has 0 amide bonds. The van der Waals surface area contributed by atoms with Crippen LogP contribution in [-0.4, -0.2) is 7.05 Å². The fourth-order valence-corrected chi connectivity index (χ4v) is 2.18. The highest BCUT2D eigenvalue weighted by Crippen LogP contribution is 2.32. The molecule has 2 aromatic carbocycles. The van der Waals surface area contributed by atoms with Crippen LogP contribution in [0.1, 0.15) is 26.3 Å². The van der Waals surface area contributed by atoms with E-state index in [9.17, 15) is 4.39 Å². The van der Waals surface area contributed by atoms with Gasteiger partial charge in [0.1, 0.15) is 5.82 Å². The lowest BCUT2D eigenvalue weighted by atomic mass is 10.1. The Balaban J connectivity index is 0.000000956. The zero-order chi connectivity index (χ0) is 15.1. The molecule has 0 aliphatic heterocycles. The van der Waals surface area contributed by atoms with Gasteiger partial charge in [-0.15, -0.1) is 0 Å². The Labute approximate surface area is 126 Å². The third kappa shape index (κ3) is 3.73. The molecule has 2 aromatic rings. The van der Waals surface area contributed by atoms with Crippen LogP contribution >= 0.6 is 11.6 Å². The summed E-state index contributed by atoms with van der Waals surface area (Å²) < 4.78 is 13.8. The Hall–Kier alpha value is -1.54. The van der Waals surface area contributed by atoms with Gasteiger partial charge >= 0.3 is 0 Å². The first-order chi connectivity index (χ1) is 9.63. The minimum Gasteiger partial charge on any atom is -0.341 e. The molecule has 0 fully saturated rings. The van der Waals surface area contributed by atoms with E-state index in [1.165, 1.54) is 11.6 Å². The summed E-state index contributed by atoms with van der Waals surface area (Å²) in [6.45, 7) is 6.10. The average molecular weight is 294 g/mol. The number of aryl methyl sites for hydroxylation is 1. The average Bonchev–Trinajstić information content (AvgIpc) is 2.49. The first kappa shape index (κ1) is 16.5. The Morgan fingerprint density at radius 3 is 2.15 bits per heavy atom. The monoisotopic (exact) mass is 293 g/mol. The third-order valence-corrected chi connectivity index (χ3v) is 3.31. The van der Waals surface area contributed by atoms with E-state index in [2.05, 4.69) is 6.92 Å². The van der Waals surface area contributed by atoms with Gasteiger partial charge in [-0.3, -0.25) is 0 Å². The van der Waals surface area contributed by atoms with Crippen LogP contribution in [0.2, 0.25) is 5.02 Å². The van der Waals surface area contributed by atoms with Crippen molar-refractivity contribution in [1.82, 2.24) is 0 Å². The van der Waals surface area contributed by atoms with Crippen LogP contribution in [0.15, 0.2) is 42.5 Å². The molecule has 0 atom stereocenters. The molecule has 0 radical (unpaired) electrons. The van der Waals surface area contributed by atoms with Crippen molar-refractivity contribution in [3.63, 3.8) is 0 Å². The summed E-state index contributed by atoms with van der Waals surface area (Å²) in [5, 5.41) is 0.414. The molecule has 0 spiro atoms. The number of para-hydroxylation sites is 1. The molecule has 3 heteroatoms. The molecule has 108 valence electrons. The topological polar surface area (TPSA) is 3.24 Å². The van der Waals surface area contributed by atoms with Crippen molar-refractivity contribution in [2.45, 2.75) is 27.2 Å². The lowest BCUT2D eigenvalue weighted by Crippen LogP contribution is -2.11. The van der Waals surface area contributed by atoms with Crippen molar-refractivity contribution in [1.29, 1.82) is 0 Å². The summed E-state index contributed by atoms with van der Waals surface area (Å²) in [6.07, 6.45) is 0.991. The smallest absolute Gasteiger partial charge is 0.148 e. The Kier molecular flexibility index (Phi) is 6.53. The van der Waals surface area contributed by atoms with Crippen LogP contribution in [0.3, 0.4) is 0 Å². The van der Waals surface area contributed by atoms with Crippen molar-refractivity contribution in [2.24, 2.45) is 0 Å². The van der Waals surface area contributed by atoms with E-state index in [-0.39, 0.29) is 5.82 Å². The van der Waals surface area contributed by atoms with Crippen molar-refractivity contribution in [3.8, 4) is 0 Å². The zero-order valence-electron chi connectivity index (χ0n) is 12.5. The molecular formula is C17H21ClFN. The normalized spacial score (nSPS) is 9.70. The van der Waals surface area contributed by atoms with E-state index in [1.54, 1.807) is 17.0 Å². The molecule has 0 N–H and O–H groups in total. The van der Waals surface area contributed by atoms with Gasteiger partial charge in [0.2, 0.25) is 0 Å². The SMILES string of the molecule is CC.CCc1ccc(N(C)c2c(F)cccc2Cl)cc1. The van der Waals surface area contributed by atoms with Crippen molar-refractivity contribution < 1.29 is 4.39 Å². The number of benzene rings is 2.